The zero-order valence-corrected chi connectivity index (χ0v) is 16.3. The number of aromatic nitrogens is 3. The van der Waals surface area contributed by atoms with Gasteiger partial charge in [0.25, 0.3) is 0 Å². The highest BCUT2D eigenvalue weighted by Gasteiger charge is 2.18. The van der Waals surface area contributed by atoms with Gasteiger partial charge in [0, 0.05) is 11.6 Å². The van der Waals surface area contributed by atoms with Gasteiger partial charge >= 0.3 is 11.9 Å². The first kappa shape index (κ1) is 19.4. The molecule has 4 rings (SSSR count). The van der Waals surface area contributed by atoms with Crippen molar-refractivity contribution in [3.63, 3.8) is 0 Å². The second-order valence-electron chi connectivity index (χ2n) is 6.48. The summed E-state index contributed by atoms with van der Waals surface area (Å²) in [5, 5.41) is 5.09. The predicted octanol–water partition coefficient (Wildman–Crippen LogP) is 3.61. The van der Waals surface area contributed by atoms with E-state index in [4.69, 9.17) is 13.9 Å². The number of ether oxygens (including phenoxy) is 2. The van der Waals surface area contributed by atoms with E-state index in [1.54, 1.807) is 23.9 Å². The number of rotatable bonds is 7. The number of esters is 2. The third kappa shape index (κ3) is 4.07. The van der Waals surface area contributed by atoms with Crippen molar-refractivity contribution in [1.82, 2.24) is 14.8 Å². The fraction of sp³-hybridized carbons (Fsp3) is 0.182. The minimum Gasteiger partial charge on any atom is -0.465 e. The summed E-state index contributed by atoms with van der Waals surface area (Å²) in [6.45, 7) is 2.34. The summed E-state index contributed by atoms with van der Waals surface area (Å²) in [7, 11) is 0. The lowest BCUT2D eigenvalue weighted by atomic mass is 10.2. The first-order valence-electron chi connectivity index (χ1n) is 9.42. The van der Waals surface area contributed by atoms with Crippen LogP contribution in [0.15, 0.2) is 65.5 Å². The van der Waals surface area contributed by atoms with Crippen LogP contribution in [0.5, 0.6) is 0 Å². The van der Waals surface area contributed by atoms with Crippen LogP contribution in [0.4, 0.5) is 0 Å². The zero-order chi connectivity index (χ0) is 20.9. The van der Waals surface area contributed by atoms with Crippen LogP contribution in [-0.2, 0) is 22.6 Å². The summed E-state index contributed by atoms with van der Waals surface area (Å²) in [6, 6.07) is 13.1. The van der Waals surface area contributed by atoms with Crippen LogP contribution in [0, 0.1) is 0 Å². The summed E-state index contributed by atoms with van der Waals surface area (Å²) in [5.74, 6) is -0.871. The molecule has 0 fully saturated rings. The molecule has 4 aromatic rings. The van der Waals surface area contributed by atoms with Crippen molar-refractivity contribution in [1.29, 1.82) is 0 Å². The molecule has 0 radical (unpaired) electrons. The number of carbonyl (C=O) groups excluding carboxylic acids is 2. The van der Waals surface area contributed by atoms with Crippen molar-refractivity contribution < 1.29 is 23.5 Å². The van der Waals surface area contributed by atoms with Crippen LogP contribution in [-0.4, -0.2) is 33.3 Å². The minimum absolute atomic E-state index is 0.189. The van der Waals surface area contributed by atoms with Gasteiger partial charge in [-0.25, -0.2) is 19.3 Å². The normalized spacial score (nSPS) is 10.8. The molecule has 0 aliphatic rings. The second-order valence-corrected chi connectivity index (χ2v) is 6.48. The first-order valence-corrected chi connectivity index (χ1v) is 9.42. The Morgan fingerprint density at radius 3 is 2.70 bits per heavy atom. The molecule has 0 atom stereocenters. The molecular formula is C22H19N3O5. The Hall–Kier alpha value is -3.94. The van der Waals surface area contributed by atoms with Gasteiger partial charge in [-0.2, -0.15) is 5.10 Å². The lowest BCUT2D eigenvalue weighted by Crippen LogP contribution is -2.10. The molecule has 30 heavy (non-hydrogen) atoms. The van der Waals surface area contributed by atoms with Gasteiger partial charge in [-0.15, -0.1) is 0 Å². The summed E-state index contributed by atoms with van der Waals surface area (Å²) in [5.41, 5.74) is 2.29. The number of hydrogen-bond donors (Lipinski definition) is 0. The van der Waals surface area contributed by atoms with E-state index in [1.807, 2.05) is 30.3 Å². The van der Waals surface area contributed by atoms with Crippen LogP contribution in [0.2, 0.25) is 0 Å². The Labute approximate surface area is 172 Å². The van der Waals surface area contributed by atoms with E-state index < -0.39 is 11.9 Å². The molecule has 0 saturated carbocycles. The van der Waals surface area contributed by atoms with Crippen LogP contribution in [0.1, 0.15) is 39.0 Å². The van der Waals surface area contributed by atoms with E-state index in [2.05, 4.69) is 10.1 Å². The van der Waals surface area contributed by atoms with Crippen molar-refractivity contribution in [2.45, 2.75) is 20.1 Å². The number of carbonyl (C=O) groups is 2. The fourth-order valence-corrected chi connectivity index (χ4v) is 3.01. The molecule has 8 heteroatoms. The van der Waals surface area contributed by atoms with Crippen molar-refractivity contribution in [3.8, 4) is 0 Å². The zero-order valence-electron chi connectivity index (χ0n) is 16.3. The van der Waals surface area contributed by atoms with E-state index in [1.165, 1.54) is 18.5 Å². The molecule has 0 unspecified atom stereocenters. The molecule has 3 heterocycles. The summed E-state index contributed by atoms with van der Waals surface area (Å²) >= 11 is 0. The van der Waals surface area contributed by atoms with Gasteiger partial charge in [-0.1, -0.05) is 30.3 Å². The standard InChI is InChI=1S/C22H19N3O5/c1-2-28-22(27)18-8-9-29-19(18)14-30-21(26)17-10-16-12-24-25(20(16)23-11-17)13-15-6-4-3-5-7-15/h3-12H,2,13-14H2,1H3. The van der Waals surface area contributed by atoms with Crippen LogP contribution < -0.4 is 0 Å². The average Bonchev–Trinajstić information content (AvgIpc) is 3.40. The Morgan fingerprint density at radius 2 is 1.90 bits per heavy atom. The second kappa shape index (κ2) is 8.60. The Morgan fingerprint density at radius 1 is 1.07 bits per heavy atom. The van der Waals surface area contributed by atoms with Crippen molar-refractivity contribution in [2.75, 3.05) is 6.61 Å². The van der Waals surface area contributed by atoms with Gasteiger partial charge in [0.2, 0.25) is 0 Å². The maximum Gasteiger partial charge on any atom is 0.341 e. The molecule has 0 aliphatic heterocycles. The van der Waals surface area contributed by atoms with Gasteiger partial charge in [-0.05, 0) is 24.6 Å². The molecule has 3 aromatic heterocycles. The van der Waals surface area contributed by atoms with E-state index >= 15 is 0 Å². The van der Waals surface area contributed by atoms with Gasteiger partial charge in [0.1, 0.15) is 5.56 Å². The Balaban J connectivity index is 1.46. The molecule has 1 aromatic carbocycles. The monoisotopic (exact) mass is 405 g/mol. The van der Waals surface area contributed by atoms with Gasteiger partial charge in [0.15, 0.2) is 18.0 Å². The molecule has 0 aliphatic carbocycles. The highest BCUT2D eigenvalue weighted by atomic mass is 16.5. The molecule has 0 saturated heterocycles. The number of furan rings is 1. The van der Waals surface area contributed by atoms with Gasteiger partial charge in [-0.3, -0.25) is 0 Å². The summed E-state index contributed by atoms with van der Waals surface area (Å²) in [6.07, 6.45) is 4.46. The highest BCUT2D eigenvalue weighted by Crippen LogP contribution is 2.17. The van der Waals surface area contributed by atoms with Gasteiger partial charge < -0.3 is 13.9 Å². The number of benzene rings is 1. The van der Waals surface area contributed by atoms with E-state index in [0.29, 0.717) is 12.2 Å². The maximum absolute atomic E-state index is 12.4. The number of nitrogens with zero attached hydrogens (tertiary/aromatic N) is 3. The lowest BCUT2D eigenvalue weighted by molar-refractivity contribution is 0.0422. The molecule has 0 bridgehead atoms. The molecule has 0 amide bonds. The summed E-state index contributed by atoms with van der Waals surface area (Å²) < 4.78 is 17.3. The van der Waals surface area contributed by atoms with Crippen LogP contribution in [0.3, 0.4) is 0 Å². The highest BCUT2D eigenvalue weighted by molar-refractivity contribution is 5.93. The Bertz CT molecular complexity index is 1180. The molecular weight excluding hydrogens is 386 g/mol. The van der Waals surface area contributed by atoms with Crippen molar-refractivity contribution >= 4 is 23.0 Å². The number of hydrogen-bond acceptors (Lipinski definition) is 7. The van der Waals surface area contributed by atoms with E-state index in [-0.39, 0.29) is 30.1 Å². The third-order valence-corrected chi connectivity index (χ3v) is 4.46. The van der Waals surface area contributed by atoms with Crippen LogP contribution >= 0.6 is 0 Å². The maximum atomic E-state index is 12.4. The largest absolute Gasteiger partial charge is 0.465 e. The molecule has 8 nitrogen and oxygen atoms in total. The minimum atomic E-state index is -0.577. The van der Waals surface area contributed by atoms with Crippen molar-refractivity contribution in [3.05, 3.63) is 83.6 Å². The average molecular weight is 405 g/mol. The SMILES string of the molecule is CCOC(=O)c1ccoc1COC(=O)c1cnc2c(cnn2Cc2ccccc2)c1. The number of pyridine rings is 1. The predicted molar refractivity (Wildman–Crippen MR) is 107 cm³/mol. The Kier molecular flexibility index (Phi) is 5.56. The third-order valence-electron chi connectivity index (χ3n) is 4.46. The van der Waals surface area contributed by atoms with E-state index in [9.17, 15) is 9.59 Å². The fourth-order valence-electron chi connectivity index (χ4n) is 3.01. The van der Waals surface area contributed by atoms with Crippen molar-refractivity contribution in [2.24, 2.45) is 0 Å². The molecule has 0 spiro atoms. The van der Waals surface area contributed by atoms with Gasteiger partial charge in [0.05, 0.1) is 31.2 Å². The molecule has 152 valence electrons. The molecule has 0 N–H and O–H groups in total. The quantitative estimate of drug-likeness (QED) is 0.433. The lowest BCUT2D eigenvalue weighted by Gasteiger charge is -2.06. The smallest absolute Gasteiger partial charge is 0.341 e. The van der Waals surface area contributed by atoms with E-state index in [0.717, 1.165) is 10.9 Å². The number of fused-ring (bicyclic) bond motifs is 1. The van der Waals surface area contributed by atoms with Crippen LogP contribution in [0.25, 0.3) is 11.0 Å². The first-order chi connectivity index (χ1) is 14.7. The summed E-state index contributed by atoms with van der Waals surface area (Å²) in [4.78, 5) is 28.7. The topological polar surface area (TPSA) is 96.5 Å².